The smallest absolute Gasteiger partial charge is 0.339 e. The van der Waals surface area contributed by atoms with Gasteiger partial charge in [0, 0.05) is 21.5 Å². The molecule has 0 amide bonds. The van der Waals surface area contributed by atoms with Crippen molar-refractivity contribution in [2.45, 2.75) is 6.92 Å². The Balaban J connectivity index is 1.64. The van der Waals surface area contributed by atoms with E-state index in [1.807, 2.05) is 49.4 Å². The van der Waals surface area contributed by atoms with E-state index < -0.39 is 18.4 Å². The summed E-state index contributed by atoms with van der Waals surface area (Å²) < 4.78 is 5.34. The summed E-state index contributed by atoms with van der Waals surface area (Å²) in [7, 11) is 0. The van der Waals surface area contributed by atoms with Gasteiger partial charge in [-0.3, -0.25) is 4.79 Å². The Bertz CT molecular complexity index is 1300. The van der Waals surface area contributed by atoms with E-state index in [0.29, 0.717) is 27.2 Å². The first-order chi connectivity index (χ1) is 14.9. The average Bonchev–Trinajstić information content (AvgIpc) is 2.77. The zero-order valence-electron chi connectivity index (χ0n) is 16.6. The number of para-hydroxylation sites is 1. The molecule has 4 rings (SSSR count). The Labute approximate surface area is 189 Å². The topological polar surface area (TPSA) is 56.3 Å². The minimum Gasteiger partial charge on any atom is -0.454 e. The molecule has 4 aromatic rings. The molecule has 1 aromatic heterocycles. The summed E-state index contributed by atoms with van der Waals surface area (Å²) in [5.41, 5.74) is 3.92. The molecule has 0 unspecified atom stereocenters. The summed E-state index contributed by atoms with van der Waals surface area (Å²) in [6.07, 6.45) is 0. The maximum absolute atomic E-state index is 12.9. The Hall–Kier alpha value is -3.21. The number of aryl methyl sites for hydroxylation is 1. The summed E-state index contributed by atoms with van der Waals surface area (Å²) in [6.45, 7) is 1.57. The van der Waals surface area contributed by atoms with Gasteiger partial charge in [0.05, 0.1) is 21.8 Å². The molecule has 0 saturated carbocycles. The van der Waals surface area contributed by atoms with Crippen LogP contribution in [0, 0.1) is 6.92 Å². The van der Waals surface area contributed by atoms with Gasteiger partial charge in [-0.15, -0.1) is 0 Å². The molecule has 1 heterocycles. The third-order valence-electron chi connectivity index (χ3n) is 4.85. The number of ketones is 1. The number of hydrogen-bond donors (Lipinski definition) is 0. The van der Waals surface area contributed by atoms with Crippen LogP contribution in [0.15, 0.2) is 72.8 Å². The fraction of sp³-hybridized carbons (Fsp3) is 0.0800. The minimum absolute atomic E-state index is 0.213. The molecular weight excluding hydrogens is 433 g/mol. The number of fused-ring (bicyclic) bond motifs is 1. The highest BCUT2D eigenvalue weighted by Gasteiger charge is 2.18. The molecule has 0 fully saturated rings. The van der Waals surface area contributed by atoms with E-state index in [1.54, 1.807) is 18.2 Å². The standard InChI is InChI=1S/C25H17Cl2NO3/c1-15-6-8-16(9-7-15)23-13-20(18-4-2-3-5-22(18)28-23)25(30)31-14-24(29)19-11-10-17(26)12-21(19)27/h2-13H,14H2,1H3. The van der Waals surface area contributed by atoms with Gasteiger partial charge in [0.1, 0.15) is 0 Å². The number of aromatic nitrogens is 1. The number of carbonyl (C=O) groups excluding carboxylic acids is 2. The maximum Gasteiger partial charge on any atom is 0.339 e. The van der Waals surface area contributed by atoms with Gasteiger partial charge in [-0.1, -0.05) is 71.2 Å². The van der Waals surface area contributed by atoms with Gasteiger partial charge in [0.15, 0.2) is 6.61 Å². The van der Waals surface area contributed by atoms with Crippen molar-refractivity contribution in [3.63, 3.8) is 0 Å². The maximum atomic E-state index is 12.9. The first-order valence-electron chi connectivity index (χ1n) is 9.54. The molecule has 4 nitrogen and oxygen atoms in total. The average molecular weight is 450 g/mol. The van der Waals surface area contributed by atoms with Crippen LogP contribution in [0.25, 0.3) is 22.2 Å². The molecule has 0 atom stereocenters. The van der Waals surface area contributed by atoms with Crippen LogP contribution >= 0.6 is 23.2 Å². The van der Waals surface area contributed by atoms with E-state index >= 15 is 0 Å². The molecule has 0 radical (unpaired) electrons. The largest absolute Gasteiger partial charge is 0.454 e. The van der Waals surface area contributed by atoms with E-state index in [1.165, 1.54) is 12.1 Å². The lowest BCUT2D eigenvalue weighted by atomic mass is 10.0. The third-order valence-corrected chi connectivity index (χ3v) is 5.40. The number of Topliss-reactive ketones (excluding diaryl/α,β-unsaturated/α-hetero) is 1. The Morgan fingerprint density at radius 1 is 0.903 bits per heavy atom. The van der Waals surface area contributed by atoms with Crippen molar-refractivity contribution in [3.8, 4) is 11.3 Å². The fourth-order valence-corrected chi connectivity index (χ4v) is 3.73. The van der Waals surface area contributed by atoms with E-state index in [4.69, 9.17) is 27.9 Å². The van der Waals surface area contributed by atoms with E-state index in [0.717, 1.165) is 11.1 Å². The van der Waals surface area contributed by atoms with Crippen LogP contribution < -0.4 is 0 Å². The molecule has 154 valence electrons. The van der Waals surface area contributed by atoms with Crippen LogP contribution in [-0.4, -0.2) is 23.3 Å². The summed E-state index contributed by atoms with van der Waals surface area (Å²) in [4.78, 5) is 30.1. The van der Waals surface area contributed by atoms with Crippen molar-refractivity contribution in [1.29, 1.82) is 0 Å². The molecular formula is C25H17Cl2NO3. The Kier molecular flexibility index (Phi) is 6.03. The van der Waals surface area contributed by atoms with Gasteiger partial charge in [0.2, 0.25) is 5.78 Å². The Morgan fingerprint density at radius 3 is 2.39 bits per heavy atom. The van der Waals surface area contributed by atoms with Crippen LogP contribution in [-0.2, 0) is 4.74 Å². The normalized spacial score (nSPS) is 10.8. The second-order valence-corrected chi connectivity index (χ2v) is 7.91. The zero-order chi connectivity index (χ0) is 22.0. The van der Waals surface area contributed by atoms with Crippen molar-refractivity contribution in [2.24, 2.45) is 0 Å². The van der Waals surface area contributed by atoms with Gasteiger partial charge in [-0.2, -0.15) is 0 Å². The highest BCUT2D eigenvalue weighted by Crippen LogP contribution is 2.26. The number of benzene rings is 3. The second kappa shape index (κ2) is 8.88. The van der Waals surface area contributed by atoms with Crippen LogP contribution in [0.2, 0.25) is 10.0 Å². The Morgan fingerprint density at radius 2 is 1.65 bits per heavy atom. The summed E-state index contributed by atoms with van der Waals surface area (Å²) in [5.74, 6) is -1.02. The number of pyridine rings is 1. The van der Waals surface area contributed by atoms with Gasteiger partial charge in [0.25, 0.3) is 0 Å². The lowest BCUT2D eigenvalue weighted by Crippen LogP contribution is -2.15. The predicted octanol–water partition coefficient (Wildman–Crippen LogP) is 6.56. The lowest BCUT2D eigenvalue weighted by Gasteiger charge is -2.10. The monoisotopic (exact) mass is 449 g/mol. The van der Waals surface area contributed by atoms with E-state index in [2.05, 4.69) is 4.98 Å². The van der Waals surface area contributed by atoms with Crippen molar-refractivity contribution in [1.82, 2.24) is 4.98 Å². The van der Waals surface area contributed by atoms with Gasteiger partial charge < -0.3 is 4.74 Å². The number of ether oxygens (including phenoxy) is 1. The quantitative estimate of drug-likeness (QED) is 0.255. The molecule has 0 aliphatic heterocycles. The van der Waals surface area contributed by atoms with Gasteiger partial charge in [-0.25, -0.2) is 9.78 Å². The molecule has 0 aliphatic rings. The van der Waals surface area contributed by atoms with Crippen LogP contribution in [0.3, 0.4) is 0 Å². The third kappa shape index (κ3) is 4.61. The zero-order valence-corrected chi connectivity index (χ0v) is 18.1. The second-order valence-electron chi connectivity index (χ2n) is 7.06. The highest BCUT2D eigenvalue weighted by molar-refractivity contribution is 6.36. The molecule has 0 saturated heterocycles. The first-order valence-corrected chi connectivity index (χ1v) is 10.3. The van der Waals surface area contributed by atoms with E-state index in [-0.39, 0.29) is 10.6 Å². The van der Waals surface area contributed by atoms with Crippen molar-refractivity contribution < 1.29 is 14.3 Å². The predicted molar refractivity (Wildman–Crippen MR) is 123 cm³/mol. The van der Waals surface area contributed by atoms with Crippen molar-refractivity contribution >= 4 is 45.9 Å². The first kappa shape index (κ1) is 21.0. The summed E-state index contributed by atoms with van der Waals surface area (Å²) >= 11 is 12.0. The number of esters is 1. The minimum atomic E-state index is -0.606. The number of hydrogen-bond acceptors (Lipinski definition) is 4. The van der Waals surface area contributed by atoms with Crippen molar-refractivity contribution in [3.05, 3.63) is 99.5 Å². The molecule has 0 N–H and O–H groups in total. The lowest BCUT2D eigenvalue weighted by molar-refractivity contribution is 0.0476. The molecule has 31 heavy (non-hydrogen) atoms. The SMILES string of the molecule is Cc1ccc(-c2cc(C(=O)OCC(=O)c3ccc(Cl)cc3Cl)c3ccccc3n2)cc1. The highest BCUT2D eigenvalue weighted by atomic mass is 35.5. The molecule has 6 heteroatoms. The van der Waals surface area contributed by atoms with Crippen molar-refractivity contribution in [2.75, 3.05) is 6.61 Å². The molecule has 0 bridgehead atoms. The number of rotatable bonds is 5. The van der Waals surface area contributed by atoms with Crippen LogP contribution in [0.1, 0.15) is 26.3 Å². The fourth-order valence-electron chi connectivity index (χ4n) is 3.22. The number of nitrogens with zero attached hydrogens (tertiary/aromatic N) is 1. The van der Waals surface area contributed by atoms with Gasteiger partial charge >= 0.3 is 5.97 Å². The number of carbonyl (C=O) groups is 2. The van der Waals surface area contributed by atoms with E-state index in [9.17, 15) is 9.59 Å². The molecule has 0 aliphatic carbocycles. The summed E-state index contributed by atoms with van der Waals surface area (Å²) in [6, 6.07) is 21.4. The summed E-state index contributed by atoms with van der Waals surface area (Å²) in [5, 5.41) is 1.29. The molecule has 3 aromatic carbocycles. The van der Waals surface area contributed by atoms with Gasteiger partial charge in [-0.05, 0) is 37.3 Å². The van der Waals surface area contributed by atoms with Crippen LogP contribution in [0.5, 0.6) is 0 Å². The van der Waals surface area contributed by atoms with Crippen LogP contribution in [0.4, 0.5) is 0 Å². The molecule has 0 spiro atoms. The number of halogens is 2.